The van der Waals surface area contributed by atoms with Crippen molar-refractivity contribution in [2.45, 2.75) is 18.6 Å². The second-order valence-corrected chi connectivity index (χ2v) is 8.01. The highest BCUT2D eigenvalue weighted by molar-refractivity contribution is 5.97. The van der Waals surface area contributed by atoms with E-state index in [9.17, 15) is 14.7 Å². The van der Waals surface area contributed by atoms with E-state index in [1.807, 2.05) is 55.5 Å². The number of hydrogen-bond donors (Lipinski definition) is 2. The van der Waals surface area contributed by atoms with E-state index in [-0.39, 0.29) is 5.91 Å². The number of nitrogens with zero attached hydrogens (tertiary/aromatic N) is 1. The lowest BCUT2D eigenvalue weighted by Gasteiger charge is -2.35. The molecule has 1 atom stereocenters. The molecule has 2 amide bonds. The van der Waals surface area contributed by atoms with Gasteiger partial charge in [0.1, 0.15) is 0 Å². The van der Waals surface area contributed by atoms with E-state index in [0.29, 0.717) is 16.7 Å². The first kappa shape index (κ1) is 23.0. The number of carbonyl (C=O) groups excluding carboxylic acids is 2. The van der Waals surface area contributed by atoms with Crippen LogP contribution in [0.5, 0.6) is 0 Å². The van der Waals surface area contributed by atoms with Gasteiger partial charge < -0.3 is 5.11 Å². The minimum absolute atomic E-state index is 0.381. The monoisotopic (exact) mass is 450 g/mol. The summed E-state index contributed by atoms with van der Waals surface area (Å²) < 4.78 is 0. The molecule has 0 fully saturated rings. The summed E-state index contributed by atoms with van der Waals surface area (Å²) >= 11 is 0. The van der Waals surface area contributed by atoms with Crippen molar-refractivity contribution in [2.24, 2.45) is 0 Å². The average Bonchev–Trinajstić information content (AvgIpc) is 2.92. The fourth-order valence-corrected chi connectivity index (χ4v) is 3.90. The Morgan fingerprint density at radius 2 is 1.12 bits per heavy atom. The molecule has 0 unspecified atom stereocenters. The molecule has 4 aromatic rings. The van der Waals surface area contributed by atoms with Crippen LogP contribution in [0, 0.1) is 0 Å². The quantitative estimate of drug-likeness (QED) is 0.412. The summed E-state index contributed by atoms with van der Waals surface area (Å²) in [5.74, 6) is -1.11. The average molecular weight is 451 g/mol. The van der Waals surface area contributed by atoms with Crippen LogP contribution in [0.3, 0.4) is 0 Å². The van der Waals surface area contributed by atoms with Gasteiger partial charge >= 0.3 is 0 Å². The van der Waals surface area contributed by atoms with E-state index in [1.165, 1.54) is 5.01 Å². The fraction of sp³-hybridized carbons (Fsp3) is 0.103. The van der Waals surface area contributed by atoms with Crippen molar-refractivity contribution in [2.75, 3.05) is 0 Å². The Balaban J connectivity index is 1.76. The van der Waals surface area contributed by atoms with Crippen LogP contribution >= 0.6 is 0 Å². The number of nitrogens with one attached hydrogen (secondary N) is 1. The second kappa shape index (κ2) is 10.1. The summed E-state index contributed by atoms with van der Waals surface area (Å²) in [6.07, 6.45) is 0. The predicted molar refractivity (Wildman–Crippen MR) is 131 cm³/mol. The smallest absolute Gasteiger partial charge is 0.279 e. The Morgan fingerprint density at radius 3 is 1.59 bits per heavy atom. The highest BCUT2D eigenvalue weighted by Crippen LogP contribution is 2.31. The van der Waals surface area contributed by atoms with Gasteiger partial charge in [-0.1, -0.05) is 109 Å². The second-order valence-electron chi connectivity index (χ2n) is 8.01. The number of aliphatic hydroxyl groups is 1. The molecule has 0 aliphatic heterocycles. The molecule has 0 radical (unpaired) electrons. The molecule has 0 spiro atoms. The lowest BCUT2D eigenvalue weighted by atomic mass is 9.85. The zero-order chi connectivity index (χ0) is 24.0. The van der Waals surface area contributed by atoms with Gasteiger partial charge in [0.05, 0.1) is 6.04 Å². The third-order valence-electron chi connectivity index (χ3n) is 5.84. The molecule has 0 saturated heterocycles. The zero-order valence-electron chi connectivity index (χ0n) is 18.8. The van der Waals surface area contributed by atoms with Crippen LogP contribution in [0.1, 0.15) is 40.0 Å². The lowest BCUT2D eigenvalue weighted by Crippen LogP contribution is -2.54. The van der Waals surface area contributed by atoms with E-state index in [2.05, 4.69) is 5.43 Å². The lowest BCUT2D eigenvalue weighted by molar-refractivity contribution is -0.141. The number of benzene rings is 4. The topological polar surface area (TPSA) is 69.6 Å². The Bertz CT molecular complexity index is 1190. The molecule has 170 valence electrons. The van der Waals surface area contributed by atoms with E-state index in [1.54, 1.807) is 72.8 Å². The first-order valence-corrected chi connectivity index (χ1v) is 11.1. The van der Waals surface area contributed by atoms with Crippen molar-refractivity contribution >= 4 is 11.8 Å². The zero-order valence-corrected chi connectivity index (χ0v) is 18.8. The molecule has 0 aliphatic rings. The minimum Gasteiger partial charge on any atom is -0.372 e. The van der Waals surface area contributed by atoms with E-state index in [0.717, 1.165) is 5.56 Å². The molecule has 5 heteroatoms. The maximum absolute atomic E-state index is 13.8. The van der Waals surface area contributed by atoms with Crippen molar-refractivity contribution in [1.29, 1.82) is 0 Å². The summed E-state index contributed by atoms with van der Waals surface area (Å²) in [6.45, 7) is 1.83. The van der Waals surface area contributed by atoms with Gasteiger partial charge in [-0.3, -0.25) is 15.0 Å². The number of hydrogen-bond acceptors (Lipinski definition) is 3. The standard InChI is InChI=1S/C29H26N2O3/c1-22(23-14-6-2-7-15-23)31(27(32)24-16-8-3-9-17-24)30-28(33)29(34,25-18-10-4-11-19-25)26-20-12-5-13-21-26/h2-22,34H,1H3,(H,30,33)/t22-/m0/s1. The fourth-order valence-electron chi connectivity index (χ4n) is 3.90. The predicted octanol–water partition coefficient (Wildman–Crippen LogP) is 4.86. The van der Waals surface area contributed by atoms with Gasteiger partial charge in [0.15, 0.2) is 5.60 Å². The molecule has 4 aromatic carbocycles. The van der Waals surface area contributed by atoms with Gasteiger partial charge in [0, 0.05) is 5.56 Å². The normalized spacial score (nSPS) is 11.9. The van der Waals surface area contributed by atoms with Gasteiger partial charge in [-0.2, -0.15) is 0 Å². The Morgan fingerprint density at radius 1 is 0.706 bits per heavy atom. The number of rotatable bonds is 6. The number of carbonyl (C=O) groups is 2. The molecule has 0 saturated carbocycles. The van der Waals surface area contributed by atoms with Gasteiger partial charge in [0.25, 0.3) is 11.8 Å². The molecular weight excluding hydrogens is 424 g/mol. The van der Waals surface area contributed by atoms with Crippen molar-refractivity contribution in [1.82, 2.24) is 10.4 Å². The summed E-state index contributed by atoms with van der Waals surface area (Å²) in [7, 11) is 0. The molecule has 0 aromatic heterocycles. The number of amides is 2. The molecule has 5 nitrogen and oxygen atoms in total. The SMILES string of the molecule is C[C@@H](c1ccccc1)N(NC(=O)C(O)(c1ccccc1)c1ccccc1)C(=O)c1ccccc1. The molecule has 0 heterocycles. The molecular formula is C29H26N2O3. The maximum atomic E-state index is 13.8. The van der Waals surface area contributed by atoms with Gasteiger partial charge in [-0.05, 0) is 35.7 Å². The molecule has 34 heavy (non-hydrogen) atoms. The van der Waals surface area contributed by atoms with Gasteiger partial charge in [0.2, 0.25) is 0 Å². The summed E-state index contributed by atoms with van der Waals surface area (Å²) in [5.41, 5.74) is 2.81. The highest BCUT2D eigenvalue weighted by atomic mass is 16.3. The van der Waals surface area contributed by atoms with Gasteiger partial charge in [-0.25, -0.2) is 5.01 Å². The summed E-state index contributed by atoms with van der Waals surface area (Å²) in [4.78, 5) is 27.3. The Hall–Kier alpha value is -4.22. The van der Waals surface area contributed by atoms with E-state index >= 15 is 0 Å². The Labute approximate surface area is 199 Å². The van der Waals surface area contributed by atoms with Crippen LogP contribution in [-0.2, 0) is 10.4 Å². The van der Waals surface area contributed by atoms with Crippen LogP contribution in [0.4, 0.5) is 0 Å². The molecule has 0 aliphatic carbocycles. The first-order valence-electron chi connectivity index (χ1n) is 11.1. The minimum atomic E-state index is -2.01. The maximum Gasteiger partial charge on any atom is 0.279 e. The van der Waals surface area contributed by atoms with Crippen molar-refractivity contribution in [3.63, 3.8) is 0 Å². The number of hydrazine groups is 1. The molecule has 0 bridgehead atoms. The Kier molecular flexibility index (Phi) is 6.85. The van der Waals surface area contributed by atoms with Crippen molar-refractivity contribution in [3.05, 3.63) is 144 Å². The molecule has 4 rings (SSSR count). The van der Waals surface area contributed by atoms with Crippen LogP contribution in [0.15, 0.2) is 121 Å². The third-order valence-corrected chi connectivity index (χ3v) is 5.84. The van der Waals surface area contributed by atoms with Crippen LogP contribution in [0.2, 0.25) is 0 Å². The van der Waals surface area contributed by atoms with Crippen LogP contribution in [0.25, 0.3) is 0 Å². The van der Waals surface area contributed by atoms with Crippen molar-refractivity contribution < 1.29 is 14.7 Å². The highest BCUT2D eigenvalue weighted by Gasteiger charge is 2.42. The summed E-state index contributed by atoms with van der Waals surface area (Å²) in [5, 5.41) is 13.1. The van der Waals surface area contributed by atoms with Crippen molar-refractivity contribution in [3.8, 4) is 0 Å². The summed E-state index contributed by atoms with van der Waals surface area (Å²) in [6, 6.07) is 35.1. The van der Waals surface area contributed by atoms with E-state index in [4.69, 9.17) is 0 Å². The van der Waals surface area contributed by atoms with Gasteiger partial charge in [-0.15, -0.1) is 0 Å². The molecule has 2 N–H and O–H groups in total. The third kappa shape index (κ3) is 4.60. The largest absolute Gasteiger partial charge is 0.372 e. The van der Waals surface area contributed by atoms with E-state index < -0.39 is 17.6 Å². The first-order chi connectivity index (χ1) is 16.5. The van der Waals surface area contributed by atoms with Crippen LogP contribution in [-0.4, -0.2) is 21.9 Å². The van der Waals surface area contributed by atoms with Crippen LogP contribution < -0.4 is 5.43 Å².